The zero-order valence-electron chi connectivity index (χ0n) is 21.0. The zero-order chi connectivity index (χ0) is 25.3. The van der Waals surface area contributed by atoms with Crippen molar-refractivity contribution in [1.82, 2.24) is 14.5 Å². The molecule has 2 aromatic heterocycles. The molecule has 1 aliphatic rings. The van der Waals surface area contributed by atoms with Crippen molar-refractivity contribution < 1.29 is 9.84 Å². The molecule has 0 amide bonds. The van der Waals surface area contributed by atoms with Gasteiger partial charge in [0.2, 0.25) is 5.95 Å². The molecule has 5 rings (SSSR count). The number of aromatic nitrogens is 3. The Hall–Kier alpha value is -3.73. The molecule has 0 radical (unpaired) electrons. The highest BCUT2D eigenvalue weighted by Crippen LogP contribution is 2.36. The Balaban J connectivity index is 1.63. The molecule has 0 fully saturated rings. The molecule has 1 atom stereocenters. The summed E-state index contributed by atoms with van der Waals surface area (Å²) in [5.41, 5.74) is 4.64. The number of hydrogen-bond acceptors (Lipinski definition) is 6. The summed E-state index contributed by atoms with van der Waals surface area (Å²) in [7, 11) is 0. The van der Waals surface area contributed by atoms with Gasteiger partial charge in [-0.25, -0.2) is 4.98 Å². The third kappa shape index (κ3) is 4.83. The molecule has 0 saturated carbocycles. The number of benzene rings is 2. The predicted octanol–water partition coefficient (Wildman–Crippen LogP) is 5.38. The van der Waals surface area contributed by atoms with E-state index in [9.17, 15) is 10.4 Å². The first-order valence-corrected chi connectivity index (χ1v) is 12.4. The fourth-order valence-electron chi connectivity index (χ4n) is 4.82. The number of rotatable bonds is 7. The lowest BCUT2D eigenvalue weighted by atomic mass is 9.93. The van der Waals surface area contributed by atoms with E-state index in [1.807, 2.05) is 54.0 Å². The Morgan fingerprint density at radius 1 is 1.17 bits per heavy atom. The van der Waals surface area contributed by atoms with Crippen LogP contribution in [0, 0.1) is 18.3 Å². The zero-order valence-corrected chi connectivity index (χ0v) is 21.0. The van der Waals surface area contributed by atoms with E-state index in [0.29, 0.717) is 18.1 Å². The van der Waals surface area contributed by atoms with Gasteiger partial charge in [0.25, 0.3) is 0 Å². The standard InChI is InChI=1S/C29H31N5O2/c1-19-15-23-21(16-30)11-7-13-24(23)34(19)28-32-26-22(12-8-14-25(26)36-18-29(2,3)35)27(33-28)31-17-20-9-5-4-6-10-20/h4-7,9-11,13,15,25,35H,8,12,14,17-18H2,1-3H3,(H,31,32,33)/t25-/m0/s1. The molecule has 2 N–H and O–H groups in total. The van der Waals surface area contributed by atoms with Crippen LogP contribution in [0.5, 0.6) is 0 Å². The van der Waals surface area contributed by atoms with Gasteiger partial charge in [-0.05, 0) is 63.8 Å². The number of fused-ring (bicyclic) bond motifs is 2. The summed E-state index contributed by atoms with van der Waals surface area (Å²) in [6, 6.07) is 20.2. The number of ether oxygens (including phenoxy) is 1. The van der Waals surface area contributed by atoms with Gasteiger partial charge in [0, 0.05) is 23.2 Å². The van der Waals surface area contributed by atoms with E-state index >= 15 is 0 Å². The van der Waals surface area contributed by atoms with E-state index in [1.165, 1.54) is 5.56 Å². The lowest BCUT2D eigenvalue weighted by molar-refractivity contribution is -0.0600. The highest BCUT2D eigenvalue weighted by Gasteiger charge is 2.29. The minimum absolute atomic E-state index is 0.222. The van der Waals surface area contributed by atoms with E-state index in [-0.39, 0.29) is 12.7 Å². The van der Waals surface area contributed by atoms with Crippen LogP contribution in [0.4, 0.5) is 5.82 Å². The number of aryl methyl sites for hydroxylation is 1. The molecule has 184 valence electrons. The second-order valence-electron chi connectivity index (χ2n) is 10.1. The van der Waals surface area contributed by atoms with E-state index in [2.05, 4.69) is 23.5 Å². The minimum Gasteiger partial charge on any atom is -0.388 e. The number of nitrogens with one attached hydrogen (secondary N) is 1. The number of anilines is 1. The van der Waals surface area contributed by atoms with Gasteiger partial charge in [-0.1, -0.05) is 36.4 Å². The number of hydrogen-bond donors (Lipinski definition) is 2. The fourth-order valence-corrected chi connectivity index (χ4v) is 4.82. The Labute approximate surface area is 211 Å². The molecule has 2 heterocycles. The predicted molar refractivity (Wildman–Crippen MR) is 140 cm³/mol. The maximum Gasteiger partial charge on any atom is 0.236 e. The van der Waals surface area contributed by atoms with Gasteiger partial charge in [-0.2, -0.15) is 10.2 Å². The van der Waals surface area contributed by atoms with E-state index in [1.54, 1.807) is 13.8 Å². The molecule has 4 aromatic rings. The highest BCUT2D eigenvalue weighted by atomic mass is 16.5. The molecular weight excluding hydrogens is 450 g/mol. The molecule has 0 bridgehead atoms. The molecule has 0 aliphatic heterocycles. The molecule has 2 aromatic carbocycles. The molecule has 0 saturated heterocycles. The SMILES string of the molecule is Cc1cc2c(C#N)cccc2n1-c1nc(NCc2ccccc2)c2c(n1)[C@@H](OCC(C)(C)O)CCC2. The van der Waals surface area contributed by atoms with Gasteiger partial charge in [-0.3, -0.25) is 4.57 Å². The van der Waals surface area contributed by atoms with Crippen LogP contribution >= 0.6 is 0 Å². The summed E-state index contributed by atoms with van der Waals surface area (Å²) >= 11 is 0. The first-order chi connectivity index (χ1) is 17.3. The number of aliphatic hydroxyl groups is 1. The third-order valence-corrected chi connectivity index (χ3v) is 6.52. The van der Waals surface area contributed by atoms with Crippen molar-refractivity contribution >= 4 is 16.7 Å². The second kappa shape index (κ2) is 9.73. The van der Waals surface area contributed by atoms with Crippen molar-refractivity contribution in [1.29, 1.82) is 5.26 Å². The molecule has 1 aliphatic carbocycles. The van der Waals surface area contributed by atoms with Gasteiger partial charge in [0.05, 0.1) is 35.1 Å². The minimum atomic E-state index is -0.928. The van der Waals surface area contributed by atoms with Crippen LogP contribution < -0.4 is 5.32 Å². The topological polar surface area (TPSA) is 96.0 Å². The summed E-state index contributed by atoms with van der Waals surface area (Å²) in [5, 5.41) is 24.3. The molecule has 7 heteroatoms. The van der Waals surface area contributed by atoms with Gasteiger partial charge in [0.15, 0.2) is 0 Å². The number of nitrogens with zero attached hydrogens (tertiary/aromatic N) is 4. The summed E-state index contributed by atoms with van der Waals surface area (Å²) in [4.78, 5) is 10.0. The van der Waals surface area contributed by atoms with Crippen LogP contribution in [-0.2, 0) is 17.7 Å². The summed E-state index contributed by atoms with van der Waals surface area (Å²) in [5.74, 6) is 1.35. The molecule has 7 nitrogen and oxygen atoms in total. The van der Waals surface area contributed by atoms with Crippen molar-refractivity contribution in [3.05, 3.63) is 82.7 Å². The smallest absolute Gasteiger partial charge is 0.236 e. The monoisotopic (exact) mass is 481 g/mol. The van der Waals surface area contributed by atoms with E-state index in [4.69, 9.17) is 14.7 Å². The Kier molecular flexibility index (Phi) is 6.48. The van der Waals surface area contributed by atoms with Gasteiger partial charge < -0.3 is 15.2 Å². The average Bonchev–Trinajstić information content (AvgIpc) is 3.21. The lowest BCUT2D eigenvalue weighted by Crippen LogP contribution is -2.29. The van der Waals surface area contributed by atoms with Crippen LogP contribution in [0.3, 0.4) is 0 Å². The van der Waals surface area contributed by atoms with Crippen LogP contribution in [0.2, 0.25) is 0 Å². The summed E-state index contributed by atoms with van der Waals surface area (Å²) in [6.07, 6.45) is 2.43. The van der Waals surface area contributed by atoms with Gasteiger partial charge in [0.1, 0.15) is 11.9 Å². The molecule has 0 unspecified atom stereocenters. The second-order valence-corrected chi connectivity index (χ2v) is 10.1. The molecular formula is C29H31N5O2. The fraction of sp³-hybridized carbons (Fsp3) is 0.345. The first kappa shape index (κ1) is 24.0. The average molecular weight is 482 g/mol. The van der Waals surface area contributed by atoms with Crippen molar-refractivity contribution in [3.8, 4) is 12.0 Å². The van der Waals surface area contributed by atoms with Crippen molar-refractivity contribution in [2.24, 2.45) is 0 Å². The summed E-state index contributed by atoms with van der Waals surface area (Å²) < 4.78 is 8.20. The first-order valence-electron chi connectivity index (χ1n) is 12.4. The maximum atomic E-state index is 10.3. The largest absolute Gasteiger partial charge is 0.388 e. The summed E-state index contributed by atoms with van der Waals surface area (Å²) in [6.45, 7) is 6.36. The van der Waals surface area contributed by atoms with E-state index in [0.717, 1.165) is 52.9 Å². The normalized spacial score (nSPS) is 15.5. The van der Waals surface area contributed by atoms with Crippen LogP contribution in [0.1, 0.15) is 60.9 Å². The van der Waals surface area contributed by atoms with Gasteiger partial charge in [-0.15, -0.1) is 0 Å². The Morgan fingerprint density at radius 2 is 1.97 bits per heavy atom. The molecule has 36 heavy (non-hydrogen) atoms. The quantitative estimate of drug-likeness (QED) is 0.368. The third-order valence-electron chi connectivity index (χ3n) is 6.52. The highest BCUT2D eigenvalue weighted by molar-refractivity contribution is 5.88. The van der Waals surface area contributed by atoms with Crippen molar-refractivity contribution in [2.75, 3.05) is 11.9 Å². The lowest BCUT2D eigenvalue weighted by Gasteiger charge is -2.29. The maximum absolute atomic E-state index is 10.3. The Morgan fingerprint density at radius 3 is 2.72 bits per heavy atom. The molecule has 0 spiro atoms. The Bertz CT molecular complexity index is 1430. The van der Waals surface area contributed by atoms with Gasteiger partial charge >= 0.3 is 0 Å². The van der Waals surface area contributed by atoms with Crippen molar-refractivity contribution in [2.45, 2.75) is 58.3 Å². The van der Waals surface area contributed by atoms with Crippen LogP contribution in [0.15, 0.2) is 54.6 Å². The van der Waals surface area contributed by atoms with Crippen LogP contribution in [0.25, 0.3) is 16.9 Å². The van der Waals surface area contributed by atoms with Crippen molar-refractivity contribution in [3.63, 3.8) is 0 Å². The number of nitriles is 1. The van der Waals surface area contributed by atoms with E-state index < -0.39 is 5.60 Å². The van der Waals surface area contributed by atoms with Crippen LogP contribution in [-0.4, -0.2) is 31.8 Å².